The molecule has 2 aliphatic carbocycles. The zero-order valence-electron chi connectivity index (χ0n) is 40.7. The van der Waals surface area contributed by atoms with Crippen molar-refractivity contribution in [3.8, 4) is 0 Å². The molecule has 8 atom stereocenters. The van der Waals surface area contributed by atoms with Gasteiger partial charge in [0.25, 0.3) is 0 Å². The van der Waals surface area contributed by atoms with Crippen molar-refractivity contribution < 1.29 is 29.7 Å². The van der Waals surface area contributed by atoms with Gasteiger partial charge in [0, 0.05) is 19.3 Å². The molecule has 0 aromatic rings. The summed E-state index contributed by atoms with van der Waals surface area (Å²) in [6.07, 6.45) is 47.8. The fourth-order valence-electron chi connectivity index (χ4n) is 12.6. The van der Waals surface area contributed by atoms with Crippen molar-refractivity contribution in [1.29, 1.82) is 0 Å². The number of carboxylic acid groups (broad SMARTS) is 3. The molecule has 0 radical (unpaired) electrons. The lowest BCUT2D eigenvalue weighted by Gasteiger charge is -2.60. The van der Waals surface area contributed by atoms with E-state index in [0.29, 0.717) is 19.3 Å². The van der Waals surface area contributed by atoms with E-state index in [0.717, 1.165) is 105 Å². The number of carbonyl (C=O) groups is 3. The monoisotopic (exact) mass is 862 g/mol. The van der Waals surface area contributed by atoms with Gasteiger partial charge in [0.15, 0.2) is 0 Å². The van der Waals surface area contributed by atoms with Crippen LogP contribution in [0.15, 0.2) is 0 Å². The second kappa shape index (κ2) is 37.7. The highest BCUT2D eigenvalue weighted by molar-refractivity contribution is 5.67. The minimum Gasteiger partial charge on any atom is -0.481 e. The zero-order valence-corrected chi connectivity index (χ0v) is 40.7. The van der Waals surface area contributed by atoms with Crippen LogP contribution < -0.4 is 6.15 Å². The summed E-state index contributed by atoms with van der Waals surface area (Å²) in [5, 5.41) is 27.6. The Balaban J connectivity index is 0.0000186. The van der Waals surface area contributed by atoms with Crippen LogP contribution in [0.5, 0.6) is 0 Å². The highest BCUT2D eigenvalue weighted by Crippen LogP contribution is 2.61. The van der Waals surface area contributed by atoms with Crippen LogP contribution in [0.3, 0.4) is 0 Å². The number of aliphatic carboxylic acids is 3. The topological polar surface area (TPSA) is 147 Å². The van der Waals surface area contributed by atoms with Gasteiger partial charge in [-0.2, -0.15) is 0 Å². The molecule has 0 saturated heterocycles. The van der Waals surface area contributed by atoms with E-state index in [2.05, 4.69) is 20.8 Å². The Labute approximate surface area is 377 Å². The summed E-state index contributed by atoms with van der Waals surface area (Å²) in [7, 11) is 0. The van der Waals surface area contributed by atoms with Gasteiger partial charge < -0.3 is 21.5 Å². The summed E-state index contributed by atoms with van der Waals surface area (Å²) in [5.41, 5.74) is 0. The molecule has 6 N–H and O–H groups in total. The largest absolute Gasteiger partial charge is 0.481 e. The Morgan fingerprint density at radius 1 is 0.328 bits per heavy atom. The normalized spacial score (nSPS) is 23.7. The minimum absolute atomic E-state index is 0. The van der Waals surface area contributed by atoms with E-state index in [1.165, 1.54) is 180 Å². The van der Waals surface area contributed by atoms with Crippen LogP contribution >= 0.6 is 0 Å². The van der Waals surface area contributed by atoms with Gasteiger partial charge in [-0.15, -0.1) is 0 Å². The van der Waals surface area contributed by atoms with E-state index < -0.39 is 17.9 Å². The van der Waals surface area contributed by atoms with Crippen molar-refractivity contribution in [2.45, 2.75) is 278 Å². The minimum atomic E-state index is -0.665. The molecule has 0 aromatic carbocycles. The zero-order chi connectivity index (χ0) is 43.6. The quantitative estimate of drug-likeness (QED) is 0.0448. The lowest BCUT2D eigenvalue weighted by Crippen LogP contribution is -2.53. The summed E-state index contributed by atoms with van der Waals surface area (Å²) in [6.45, 7) is 7.03. The lowest BCUT2D eigenvalue weighted by atomic mass is 9.45. The maximum absolute atomic E-state index is 11.2. The van der Waals surface area contributed by atoms with Crippen LogP contribution in [0.2, 0.25) is 0 Å². The molecule has 0 aliphatic heterocycles. The van der Waals surface area contributed by atoms with Crippen LogP contribution in [0.1, 0.15) is 278 Å². The first-order valence-corrected chi connectivity index (χ1v) is 26.9. The summed E-state index contributed by atoms with van der Waals surface area (Å²) in [5.74, 6) is 4.64. The van der Waals surface area contributed by atoms with Crippen LogP contribution in [0, 0.1) is 47.3 Å². The standard InChI is InChI=1S/C54H100O6.H3N/c1-4-7-10-13-18-27-35-46-47(36-28-19-15-22-31-40-51(57)58)49(38-29-20-16-23-32-41-52(59)60)54-45(34-25-17-14-21-30-39-50(55)56)43-42-44(33-24-11-8-5-2)53(54)48(46)37-26-12-9-6-3;/h44-49,53-54H,4-43H2,1-3H3,(H,55,56)(H,57,58)(H,59,60);1H3. The highest BCUT2D eigenvalue weighted by atomic mass is 16.4. The first-order chi connectivity index (χ1) is 29.2. The SMILES string of the molecule is CCCCCCCCC1C(CCCCCCCC(=O)O)C(CCCCCCCC(=O)O)C2C(CCCCCCCC(=O)O)CCC(CCCCCC)C2C1CCCCCC.N. The fraction of sp³-hybridized carbons (Fsp3) is 0.944. The van der Waals surface area contributed by atoms with E-state index in [-0.39, 0.29) is 6.15 Å². The third kappa shape index (κ3) is 25.4. The third-order valence-electron chi connectivity index (χ3n) is 15.6. The second-order valence-electron chi connectivity index (χ2n) is 20.3. The molecular weight excluding hydrogens is 759 g/mol. The Kier molecular flexibility index (Phi) is 35.5. The van der Waals surface area contributed by atoms with Crippen LogP contribution in [0.4, 0.5) is 0 Å². The number of hydrogen-bond acceptors (Lipinski definition) is 4. The molecule has 360 valence electrons. The molecule has 7 heteroatoms. The Hall–Kier alpha value is -1.63. The fourth-order valence-corrected chi connectivity index (χ4v) is 12.6. The van der Waals surface area contributed by atoms with Gasteiger partial charge >= 0.3 is 17.9 Å². The average Bonchev–Trinajstić information content (AvgIpc) is 3.22. The molecular formula is C54H103NO6. The highest BCUT2D eigenvalue weighted by Gasteiger charge is 2.54. The third-order valence-corrected chi connectivity index (χ3v) is 15.6. The van der Waals surface area contributed by atoms with Gasteiger partial charge in [0.2, 0.25) is 0 Å². The lowest BCUT2D eigenvalue weighted by molar-refractivity contribution is -0.138. The molecule has 61 heavy (non-hydrogen) atoms. The van der Waals surface area contributed by atoms with Gasteiger partial charge in [-0.1, -0.05) is 201 Å². The van der Waals surface area contributed by atoms with Gasteiger partial charge in [0.05, 0.1) is 0 Å². The second-order valence-corrected chi connectivity index (χ2v) is 20.3. The van der Waals surface area contributed by atoms with E-state index >= 15 is 0 Å². The average molecular weight is 862 g/mol. The summed E-state index contributed by atoms with van der Waals surface area (Å²) in [6, 6.07) is 0. The molecule has 0 aromatic heterocycles. The Bertz CT molecular complexity index is 1070. The first kappa shape index (κ1) is 57.4. The van der Waals surface area contributed by atoms with Crippen LogP contribution in [-0.4, -0.2) is 33.2 Å². The molecule has 2 rings (SSSR count). The predicted octanol–water partition coefficient (Wildman–Crippen LogP) is 17.0. The first-order valence-electron chi connectivity index (χ1n) is 26.9. The number of carboxylic acids is 3. The maximum Gasteiger partial charge on any atom is 0.303 e. The molecule has 2 fully saturated rings. The smallest absolute Gasteiger partial charge is 0.303 e. The van der Waals surface area contributed by atoms with Crippen LogP contribution in [0.25, 0.3) is 0 Å². The van der Waals surface area contributed by atoms with Crippen molar-refractivity contribution in [3.63, 3.8) is 0 Å². The molecule has 0 spiro atoms. The molecule has 0 heterocycles. The summed E-state index contributed by atoms with van der Waals surface area (Å²) >= 11 is 0. The van der Waals surface area contributed by atoms with Crippen molar-refractivity contribution in [1.82, 2.24) is 6.15 Å². The van der Waals surface area contributed by atoms with Crippen LogP contribution in [-0.2, 0) is 14.4 Å². The van der Waals surface area contributed by atoms with Crippen molar-refractivity contribution in [3.05, 3.63) is 0 Å². The van der Waals surface area contributed by atoms with Gasteiger partial charge in [-0.25, -0.2) is 0 Å². The molecule has 0 bridgehead atoms. The van der Waals surface area contributed by atoms with E-state index in [9.17, 15) is 29.7 Å². The predicted molar refractivity (Wildman–Crippen MR) is 258 cm³/mol. The van der Waals surface area contributed by atoms with Crippen molar-refractivity contribution in [2.75, 3.05) is 0 Å². The molecule has 8 unspecified atom stereocenters. The van der Waals surface area contributed by atoms with Crippen molar-refractivity contribution >= 4 is 17.9 Å². The van der Waals surface area contributed by atoms with Crippen molar-refractivity contribution in [2.24, 2.45) is 47.3 Å². The number of fused-ring (bicyclic) bond motifs is 1. The molecule has 7 nitrogen and oxygen atoms in total. The van der Waals surface area contributed by atoms with Gasteiger partial charge in [0.1, 0.15) is 0 Å². The van der Waals surface area contributed by atoms with Gasteiger partial charge in [-0.3, -0.25) is 14.4 Å². The number of unbranched alkanes of at least 4 members (excludes halogenated alkanes) is 23. The summed E-state index contributed by atoms with van der Waals surface area (Å²) < 4.78 is 0. The Morgan fingerprint density at radius 2 is 0.557 bits per heavy atom. The molecule has 2 saturated carbocycles. The molecule has 2 aliphatic rings. The number of hydrogen-bond donors (Lipinski definition) is 4. The summed E-state index contributed by atoms with van der Waals surface area (Å²) in [4.78, 5) is 33.6. The van der Waals surface area contributed by atoms with E-state index in [1.807, 2.05) is 0 Å². The number of rotatable bonds is 41. The molecule has 0 amide bonds. The van der Waals surface area contributed by atoms with E-state index in [1.54, 1.807) is 0 Å². The maximum atomic E-state index is 11.2. The Morgan fingerprint density at radius 3 is 0.852 bits per heavy atom. The van der Waals surface area contributed by atoms with E-state index in [4.69, 9.17) is 0 Å². The van der Waals surface area contributed by atoms with Gasteiger partial charge in [-0.05, 0) is 105 Å².